The van der Waals surface area contributed by atoms with Crippen molar-refractivity contribution in [1.29, 1.82) is 0 Å². The first-order chi connectivity index (χ1) is 15.7. The van der Waals surface area contributed by atoms with Gasteiger partial charge in [-0.2, -0.15) is 0 Å². The van der Waals surface area contributed by atoms with Crippen molar-refractivity contribution >= 4 is 27.5 Å². The van der Waals surface area contributed by atoms with Gasteiger partial charge in [-0.05, 0) is 49.4 Å². The van der Waals surface area contributed by atoms with Gasteiger partial charge in [0.2, 0.25) is 21.8 Å². The van der Waals surface area contributed by atoms with E-state index in [1.54, 1.807) is 18.0 Å². The van der Waals surface area contributed by atoms with E-state index in [0.29, 0.717) is 31.5 Å². The predicted octanol–water partition coefficient (Wildman–Crippen LogP) is 3.14. The Labute approximate surface area is 197 Å². The van der Waals surface area contributed by atoms with Gasteiger partial charge < -0.3 is 10.2 Å². The van der Waals surface area contributed by atoms with Crippen molar-refractivity contribution < 1.29 is 18.0 Å². The van der Waals surface area contributed by atoms with Crippen molar-refractivity contribution in [2.75, 3.05) is 30.7 Å². The number of hydrogen-bond acceptors (Lipinski definition) is 4. The third-order valence-electron chi connectivity index (χ3n) is 5.56. The van der Waals surface area contributed by atoms with Gasteiger partial charge in [-0.25, -0.2) is 8.42 Å². The minimum atomic E-state index is -3.49. The Morgan fingerprint density at radius 3 is 2.30 bits per heavy atom. The Hall–Kier alpha value is -2.87. The highest BCUT2D eigenvalue weighted by molar-refractivity contribution is 7.92. The van der Waals surface area contributed by atoms with Gasteiger partial charge in [-0.3, -0.25) is 13.9 Å². The summed E-state index contributed by atoms with van der Waals surface area (Å²) in [5.41, 5.74) is 2.63. The van der Waals surface area contributed by atoms with E-state index in [0.717, 1.165) is 11.1 Å². The highest BCUT2D eigenvalue weighted by Crippen LogP contribution is 2.20. The van der Waals surface area contributed by atoms with E-state index < -0.39 is 16.1 Å². The number of aryl methyl sites for hydroxylation is 1. The van der Waals surface area contributed by atoms with Crippen molar-refractivity contribution in [3.05, 3.63) is 65.7 Å². The van der Waals surface area contributed by atoms with Crippen LogP contribution in [0.25, 0.3) is 0 Å². The summed E-state index contributed by atoms with van der Waals surface area (Å²) in [6, 6.07) is 16.5. The molecule has 0 unspecified atom stereocenters. The molecule has 33 heavy (non-hydrogen) atoms. The van der Waals surface area contributed by atoms with Crippen LogP contribution in [0.1, 0.15) is 37.3 Å². The fraction of sp³-hybridized carbons (Fsp3) is 0.440. The van der Waals surface area contributed by atoms with E-state index in [2.05, 4.69) is 5.32 Å². The Morgan fingerprint density at radius 1 is 1.03 bits per heavy atom. The Bertz CT molecular complexity index is 1020. The number of nitrogens with one attached hydrogen (secondary N) is 1. The molecule has 8 heteroatoms. The molecule has 0 aromatic heterocycles. The maximum atomic E-state index is 13.2. The molecule has 7 nitrogen and oxygen atoms in total. The van der Waals surface area contributed by atoms with Gasteiger partial charge in [0.1, 0.15) is 6.04 Å². The zero-order chi connectivity index (χ0) is 24.4. The first-order valence-electron chi connectivity index (χ1n) is 11.3. The standard InChI is InChI=1S/C25H35N3O4S/c1-5-23(25(30)26-3)27(18-16-21-12-7-6-8-13-21)24(29)15-10-17-28(33(4,31)32)22-14-9-11-20(2)19-22/h6-9,11-14,19,23H,5,10,15-18H2,1-4H3,(H,26,30)/t23-/m1/s1. The number of carbonyl (C=O) groups is 2. The summed E-state index contributed by atoms with van der Waals surface area (Å²) in [7, 11) is -1.93. The molecule has 0 fully saturated rings. The Morgan fingerprint density at radius 2 is 1.73 bits per heavy atom. The zero-order valence-corrected chi connectivity index (χ0v) is 20.8. The summed E-state index contributed by atoms with van der Waals surface area (Å²) in [6.07, 6.45) is 2.81. The number of amides is 2. The largest absolute Gasteiger partial charge is 0.357 e. The van der Waals surface area contributed by atoms with E-state index in [1.807, 2.05) is 62.4 Å². The zero-order valence-electron chi connectivity index (χ0n) is 20.0. The molecule has 0 radical (unpaired) electrons. The number of rotatable bonds is 12. The molecular weight excluding hydrogens is 438 g/mol. The van der Waals surface area contributed by atoms with E-state index in [1.165, 1.54) is 10.6 Å². The normalized spacial score (nSPS) is 12.1. The van der Waals surface area contributed by atoms with E-state index >= 15 is 0 Å². The lowest BCUT2D eigenvalue weighted by atomic mass is 10.1. The number of nitrogens with zero attached hydrogens (tertiary/aromatic N) is 2. The minimum Gasteiger partial charge on any atom is -0.357 e. The topological polar surface area (TPSA) is 86.8 Å². The number of carbonyl (C=O) groups excluding carboxylic acids is 2. The van der Waals surface area contributed by atoms with Gasteiger partial charge in [0.15, 0.2) is 0 Å². The van der Waals surface area contributed by atoms with Crippen LogP contribution in [0.3, 0.4) is 0 Å². The van der Waals surface area contributed by atoms with Crippen molar-refractivity contribution in [1.82, 2.24) is 10.2 Å². The second-order valence-corrected chi connectivity index (χ2v) is 10.0. The summed E-state index contributed by atoms with van der Waals surface area (Å²) >= 11 is 0. The van der Waals surface area contributed by atoms with Crippen molar-refractivity contribution in [3.8, 4) is 0 Å². The molecule has 0 saturated carbocycles. The molecule has 1 atom stereocenters. The Kier molecular flexibility index (Phi) is 9.91. The van der Waals surface area contributed by atoms with Crippen LogP contribution < -0.4 is 9.62 Å². The van der Waals surface area contributed by atoms with Gasteiger partial charge in [-0.15, -0.1) is 0 Å². The van der Waals surface area contributed by atoms with Crippen LogP contribution in [0.4, 0.5) is 5.69 Å². The molecule has 0 heterocycles. The number of benzene rings is 2. The molecule has 0 saturated heterocycles. The van der Waals surface area contributed by atoms with Crippen LogP contribution >= 0.6 is 0 Å². The van der Waals surface area contributed by atoms with Gasteiger partial charge >= 0.3 is 0 Å². The molecule has 180 valence electrons. The van der Waals surface area contributed by atoms with Crippen LogP contribution in [-0.2, 0) is 26.0 Å². The van der Waals surface area contributed by atoms with E-state index in [4.69, 9.17) is 0 Å². The average Bonchev–Trinajstić information content (AvgIpc) is 2.78. The van der Waals surface area contributed by atoms with Crippen LogP contribution in [0.5, 0.6) is 0 Å². The number of sulfonamides is 1. The SMILES string of the molecule is CC[C@H](C(=O)NC)N(CCc1ccccc1)C(=O)CCCN(c1cccc(C)c1)S(C)(=O)=O. The van der Waals surface area contributed by atoms with E-state index in [-0.39, 0.29) is 24.8 Å². The van der Waals surface area contributed by atoms with E-state index in [9.17, 15) is 18.0 Å². The third-order valence-corrected chi connectivity index (χ3v) is 6.75. The van der Waals surface area contributed by atoms with Crippen LogP contribution in [0.2, 0.25) is 0 Å². The van der Waals surface area contributed by atoms with Crippen molar-refractivity contribution in [2.24, 2.45) is 0 Å². The fourth-order valence-corrected chi connectivity index (χ4v) is 4.81. The van der Waals surface area contributed by atoms with Crippen LogP contribution in [0.15, 0.2) is 54.6 Å². The fourth-order valence-electron chi connectivity index (χ4n) is 3.85. The lowest BCUT2D eigenvalue weighted by Gasteiger charge is -2.30. The first-order valence-corrected chi connectivity index (χ1v) is 13.1. The molecule has 2 amide bonds. The van der Waals surface area contributed by atoms with Gasteiger partial charge in [0.05, 0.1) is 11.9 Å². The summed E-state index contributed by atoms with van der Waals surface area (Å²) in [6.45, 7) is 4.40. The molecule has 0 bridgehead atoms. The quantitative estimate of drug-likeness (QED) is 0.513. The summed E-state index contributed by atoms with van der Waals surface area (Å²) < 4.78 is 26.1. The van der Waals surface area contributed by atoms with Crippen molar-refractivity contribution in [3.63, 3.8) is 0 Å². The van der Waals surface area contributed by atoms with Crippen molar-refractivity contribution in [2.45, 2.75) is 45.6 Å². The lowest BCUT2D eigenvalue weighted by Crippen LogP contribution is -2.49. The maximum Gasteiger partial charge on any atom is 0.242 e. The van der Waals surface area contributed by atoms with Gasteiger partial charge in [0, 0.05) is 26.6 Å². The maximum absolute atomic E-state index is 13.2. The van der Waals surface area contributed by atoms with Crippen LogP contribution in [-0.4, -0.2) is 57.6 Å². The van der Waals surface area contributed by atoms with Crippen LogP contribution in [0, 0.1) is 6.92 Å². The smallest absolute Gasteiger partial charge is 0.242 e. The third kappa shape index (κ3) is 7.89. The molecule has 0 spiro atoms. The summed E-state index contributed by atoms with van der Waals surface area (Å²) in [4.78, 5) is 27.3. The highest BCUT2D eigenvalue weighted by atomic mass is 32.2. The lowest BCUT2D eigenvalue weighted by molar-refractivity contribution is -0.140. The molecule has 2 aromatic carbocycles. The summed E-state index contributed by atoms with van der Waals surface area (Å²) in [5, 5.41) is 2.65. The van der Waals surface area contributed by atoms with Gasteiger partial charge in [-0.1, -0.05) is 49.4 Å². The second-order valence-electron chi connectivity index (χ2n) is 8.14. The highest BCUT2D eigenvalue weighted by Gasteiger charge is 2.27. The second kappa shape index (κ2) is 12.4. The number of anilines is 1. The molecule has 0 aliphatic carbocycles. The Balaban J connectivity index is 2.12. The number of hydrogen-bond donors (Lipinski definition) is 1. The molecule has 0 aliphatic rings. The minimum absolute atomic E-state index is 0.153. The predicted molar refractivity (Wildman–Crippen MR) is 133 cm³/mol. The molecule has 0 aliphatic heterocycles. The van der Waals surface area contributed by atoms with Gasteiger partial charge in [0.25, 0.3) is 0 Å². The molecule has 2 rings (SSSR count). The molecule has 2 aromatic rings. The summed E-state index contributed by atoms with van der Waals surface area (Å²) in [5.74, 6) is -0.351. The first kappa shape index (κ1) is 26.4. The molecule has 1 N–H and O–H groups in total. The number of likely N-dealkylation sites (N-methyl/N-ethyl adjacent to an activating group) is 1. The average molecular weight is 474 g/mol. The monoisotopic (exact) mass is 473 g/mol. The molecular formula is C25H35N3O4S.